The van der Waals surface area contributed by atoms with Gasteiger partial charge < -0.3 is 10.0 Å². The Morgan fingerprint density at radius 3 is 2.84 bits per heavy atom. The van der Waals surface area contributed by atoms with Gasteiger partial charge in [-0.15, -0.1) is 0 Å². The Balaban J connectivity index is 2.12. The largest absolute Gasteiger partial charge is 0.506 e. The minimum atomic E-state index is -0.161. The maximum Gasteiger partial charge on any atom is 0.253 e. The number of carbonyl (C=O) groups is 1. The molecule has 1 heterocycles. The van der Waals surface area contributed by atoms with Crippen LogP contribution in [-0.2, 0) is 13.6 Å². The first kappa shape index (κ1) is 13.4. The van der Waals surface area contributed by atoms with Crippen molar-refractivity contribution in [2.24, 2.45) is 7.05 Å². The molecular weight excluding hydrogens is 266 g/mol. The molecule has 0 aliphatic rings. The zero-order valence-corrected chi connectivity index (χ0v) is 11.4. The van der Waals surface area contributed by atoms with Gasteiger partial charge in [-0.05, 0) is 18.2 Å². The maximum absolute atomic E-state index is 12.2. The third-order valence-corrected chi connectivity index (χ3v) is 3.02. The molecule has 1 N–H and O–H groups in total. The summed E-state index contributed by atoms with van der Waals surface area (Å²) in [6.45, 7) is 0.463. The molecule has 0 fully saturated rings. The topological polar surface area (TPSA) is 58.4 Å². The molecule has 100 valence electrons. The Morgan fingerprint density at radius 1 is 1.53 bits per heavy atom. The SMILES string of the molecule is CN(Cc1cnn(C)c1)C(=O)c1ccc(O)c(Cl)c1. The number of hydrogen-bond acceptors (Lipinski definition) is 3. The molecule has 1 amide bonds. The molecule has 1 aromatic carbocycles. The number of carbonyl (C=O) groups excluding carboxylic acids is 1. The van der Waals surface area contributed by atoms with Gasteiger partial charge in [0.2, 0.25) is 0 Å². The molecule has 0 saturated carbocycles. The minimum absolute atomic E-state index is 0.0341. The zero-order valence-electron chi connectivity index (χ0n) is 10.7. The summed E-state index contributed by atoms with van der Waals surface area (Å²) in [7, 11) is 3.53. The predicted octanol–water partition coefficient (Wildman–Crippen LogP) is 2.05. The summed E-state index contributed by atoms with van der Waals surface area (Å²) >= 11 is 5.79. The van der Waals surface area contributed by atoms with Crippen molar-refractivity contribution in [2.75, 3.05) is 7.05 Å². The van der Waals surface area contributed by atoms with Crippen LogP contribution in [-0.4, -0.2) is 32.7 Å². The fourth-order valence-corrected chi connectivity index (χ4v) is 1.94. The third-order valence-electron chi connectivity index (χ3n) is 2.72. The van der Waals surface area contributed by atoms with Crippen molar-refractivity contribution in [3.8, 4) is 5.75 Å². The van der Waals surface area contributed by atoms with E-state index in [1.807, 2.05) is 13.2 Å². The van der Waals surface area contributed by atoms with E-state index >= 15 is 0 Å². The average molecular weight is 280 g/mol. The number of phenolic OH excluding ortho intramolecular Hbond substituents is 1. The average Bonchev–Trinajstić information content (AvgIpc) is 2.77. The molecular formula is C13H14ClN3O2. The highest BCUT2D eigenvalue weighted by atomic mass is 35.5. The van der Waals surface area contributed by atoms with Crippen LogP contribution >= 0.6 is 11.6 Å². The highest BCUT2D eigenvalue weighted by Crippen LogP contribution is 2.24. The van der Waals surface area contributed by atoms with E-state index in [1.165, 1.54) is 12.1 Å². The molecule has 0 bridgehead atoms. The van der Waals surface area contributed by atoms with E-state index in [0.29, 0.717) is 12.1 Å². The molecule has 0 radical (unpaired) electrons. The number of hydrogen-bond donors (Lipinski definition) is 1. The highest BCUT2D eigenvalue weighted by molar-refractivity contribution is 6.32. The van der Waals surface area contributed by atoms with Crippen LogP contribution < -0.4 is 0 Å². The van der Waals surface area contributed by atoms with Crippen LogP contribution in [0.15, 0.2) is 30.6 Å². The Hall–Kier alpha value is -2.01. The zero-order chi connectivity index (χ0) is 14.0. The lowest BCUT2D eigenvalue weighted by molar-refractivity contribution is 0.0785. The van der Waals surface area contributed by atoms with Gasteiger partial charge >= 0.3 is 0 Å². The fourth-order valence-electron chi connectivity index (χ4n) is 1.76. The Labute approximate surface area is 116 Å². The molecule has 2 rings (SSSR count). The number of halogens is 1. The predicted molar refractivity (Wildman–Crippen MR) is 72.1 cm³/mol. The molecule has 19 heavy (non-hydrogen) atoms. The number of phenols is 1. The monoisotopic (exact) mass is 279 g/mol. The van der Waals surface area contributed by atoms with Crippen molar-refractivity contribution in [2.45, 2.75) is 6.54 Å². The summed E-state index contributed by atoms with van der Waals surface area (Å²) in [4.78, 5) is 13.7. The van der Waals surface area contributed by atoms with Gasteiger partial charge in [-0.3, -0.25) is 9.48 Å². The lowest BCUT2D eigenvalue weighted by atomic mass is 10.2. The molecule has 2 aromatic rings. The fraction of sp³-hybridized carbons (Fsp3) is 0.231. The van der Waals surface area contributed by atoms with Crippen LogP contribution in [0.4, 0.5) is 0 Å². The number of aromatic nitrogens is 2. The molecule has 6 heteroatoms. The number of aryl methyl sites for hydroxylation is 1. The van der Waals surface area contributed by atoms with Crippen molar-refractivity contribution < 1.29 is 9.90 Å². The lowest BCUT2D eigenvalue weighted by Gasteiger charge is -2.16. The Morgan fingerprint density at radius 2 is 2.26 bits per heavy atom. The van der Waals surface area contributed by atoms with E-state index in [0.717, 1.165) is 5.56 Å². The van der Waals surface area contributed by atoms with Gasteiger partial charge in [0, 0.05) is 38.0 Å². The number of rotatable bonds is 3. The van der Waals surface area contributed by atoms with Crippen LogP contribution in [0.25, 0.3) is 0 Å². The van der Waals surface area contributed by atoms with E-state index in [2.05, 4.69) is 5.10 Å². The Kier molecular flexibility index (Phi) is 3.76. The van der Waals surface area contributed by atoms with Gasteiger partial charge in [0.1, 0.15) is 5.75 Å². The minimum Gasteiger partial charge on any atom is -0.506 e. The van der Waals surface area contributed by atoms with E-state index < -0.39 is 0 Å². The molecule has 0 aliphatic heterocycles. The van der Waals surface area contributed by atoms with Crippen LogP contribution in [0.3, 0.4) is 0 Å². The van der Waals surface area contributed by atoms with Gasteiger partial charge in [-0.2, -0.15) is 5.10 Å². The third kappa shape index (κ3) is 3.06. The second-order valence-corrected chi connectivity index (χ2v) is 4.76. The van der Waals surface area contributed by atoms with E-state index in [9.17, 15) is 9.90 Å². The van der Waals surface area contributed by atoms with Crippen LogP contribution in [0.2, 0.25) is 5.02 Å². The van der Waals surface area contributed by atoms with Gasteiger partial charge in [0.05, 0.1) is 11.2 Å². The smallest absolute Gasteiger partial charge is 0.253 e. The number of benzene rings is 1. The highest BCUT2D eigenvalue weighted by Gasteiger charge is 2.14. The van der Waals surface area contributed by atoms with Crippen molar-refractivity contribution in [3.63, 3.8) is 0 Å². The maximum atomic E-state index is 12.2. The first-order valence-electron chi connectivity index (χ1n) is 5.69. The second-order valence-electron chi connectivity index (χ2n) is 4.35. The molecule has 0 spiro atoms. The molecule has 0 unspecified atom stereocenters. The van der Waals surface area contributed by atoms with Gasteiger partial charge in [0.25, 0.3) is 5.91 Å². The lowest BCUT2D eigenvalue weighted by Crippen LogP contribution is -2.26. The van der Waals surface area contributed by atoms with Crippen molar-refractivity contribution in [1.29, 1.82) is 0 Å². The van der Waals surface area contributed by atoms with Crippen molar-refractivity contribution >= 4 is 17.5 Å². The number of aromatic hydroxyl groups is 1. The van der Waals surface area contributed by atoms with Crippen LogP contribution in [0.5, 0.6) is 5.75 Å². The summed E-state index contributed by atoms with van der Waals surface area (Å²) in [5.41, 5.74) is 1.39. The summed E-state index contributed by atoms with van der Waals surface area (Å²) < 4.78 is 1.69. The second kappa shape index (κ2) is 5.32. The molecule has 5 nitrogen and oxygen atoms in total. The van der Waals surface area contributed by atoms with Crippen molar-refractivity contribution in [1.82, 2.24) is 14.7 Å². The van der Waals surface area contributed by atoms with Crippen LogP contribution in [0.1, 0.15) is 15.9 Å². The van der Waals surface area contributed by atoms with E-state index in [1.54, 1.807) is 28.9 Å². The Bertz CT molecular complexity index is 610. The van der Waals surface area contributed by atoms with E-state index in [-0.39, 0.29) is 16.7 Å². The summed E-state index contributed by atoms with van der Waals surface area (Å²) in [5.74, 6) is -0.195. The first-order valence-corrected chi connectivity index (χ1v) is 6.06. The quantitative estimate of drug-likeness (QED) is 0.935. The van der Waals surface area contributed by atoms with E-state index in [4.69, 9.17) is 11.6 Å². The van der Waals surface area contributed by atoms with Gasteiger partial charge in [0.15, 0.2) is 0 Å². The summed E-state index contributed by atoms with van der Waals surface area (Å²) in [6.07, 6.45) is 3.57. The molecule has 1 aromatic heterocycles. The summed E-state index contributed by atoms with van der Waals surface area (Å²) in [5, 5.41) is 13.6. The normalized spacial score (nSPS) is 10.5. The van der Waals surface area contributed by atoms with Gasteiger partial charge in [-0.25, -0.2) is 0 Å². The first-order chi connectivity index (χ1) is 8.97. The van der Waals surface area contributed by atoms with Crippen LogP contribution in [0, 0.1) is 0 Å². The number of nitrogens with zero attached hydrogens (tertiary/aromatic N) is 3. The molecule has 0 atom stereocenters. The standard InChI is InChI=1S/C13H14ClN3O2/c1-16(7-9-6-15-17(2)8-9)13(19)10-3-4-12(18)11(14)5-10/h3-6,8,18H,7H2,1-2H3. The van der Waals surface area contributed by atoms with Gasteiger partial charge in [-0.1, -0.05) is 11.6 Å². The molecule has 0 aliphatic carbocycles. The summed E-state index contributed by atoms with van der Waals surface area (Å²) in [6, 6.07) is 4.41. The molecule has 0 saturated heterocycles. The number of amides is 1. The van der Waals surface area contributed by atoms with Crippen molar-refractivity contribution in [3.05, 3.63) is 46.7 Å².